The maximum Gasteiger partial charge on any atom is 0.307 e. The molecule has 1 unspecified atom stereocenters. The smallest absolute Gasteiger partial charge is 0.307 e. The lowest BCUT2D eigenvalue weighted by Crippen LogP contribution is -2.33. The van der Waals surface area contributed by atoms with Gasteiger partial charge in [-0.1, -0.05) is 0 Å². The number of hydrogen-bond acceptors (Lipinski definition) is 9. The number of carbonyl (C=O) groups is 4. The number of aldehydes is 1. The molecule has 9 heteroatoms. The van der Waals surface area contributed by atoms with Crippen LogP contribution in [0.5, 0.6) is 0 Å². The van der Waals surface area contributed by atoms with Crippen LogP contribution in [0.15, 0.2) is 0 Å². The second-order valence-electron chi connectivity index (χ2n) is 4.59. The van der Waals surface area contributed by atoms with Gasteiger partial charge in [0.25, 0.3) is 12.9 Å². The Bertz CT molecular complexity index is 336. The van der Waals surface area contributed by atoms with E-state index in [2.05, 4.69) is 9.47 Å². The van der Waals surface area contributed by atoms with Gasteiger partial charge < -0.3 is 24.1 Å². The molecule has 1 atom stereocenters. The van der Waals surface area contributed by atoms with E-state index in [1.54, 1.807) is 4.90 Å². The number of hydrogen-bond donors (Lipinski definition) is 1. The molecule has 0 saturated heterocycles. The summed E-state index contributed by atoms with van der Waals surface area (Å²) in [6.07, 6.45) is 0.172. The van der Waals surface area contributed by atoms with Crippen LogP contribution in [0.4, 0.5) is 0 Å². The van der Waals surface area contributed by atoms with Crippen molar-refractivity contribution in [3.05, 3.63) is 0 Å². The summed E-state index contributed by atoms with van der Waals surface area (Å²) in [7, 11) is 0. The molecule has 0 aromatic rings. The van der Waals surface area contributed by atoms with Crippen molar-refractivity contribution in [2.45, 2.75) is 25.4 Å². The van der Waals surface area contributed by atoms with E-state index >= 15 is 0 Å². The Balaban J connectivity index is 3.90. The SMILES string of the molecule is O=COCCN(CCOC=O)CCC(=O)OCCCC(O)C=O. The van der Waals surface area contributed by atoms with Crippen molar-refractivity contribution in [2.24, 2.45) is 0 Å². The fourth-order valence-electron chi connectivity index (χ4n) is 1.66. The van der Waals surface area contributed by atoms with Crippen LogP contribution in [0.1, 0.15) is 19.3 Å². The van der Waals surface area contributed by atoms with Crippen LogP contribution >= 0.6 is 0 Å². The molecule has 0 fully saturated rings. The van der Waals surface area contributed by atoms with Crippen molar-refractivity contribution in [1.29, 1.82) is 0 Å². The van der Waals surface area contributed by atoms with E-state index in [-0.39, 0.29) is 32.7 Å². The van der Waals surface area contributed by atoms with Crippen LogP contribution in [-0.4, -0.2) is 80.8 Å². The van der Waals surface area contributed by atoms with Gasteiger partial charge >= 0.3 is 5.97 Å². The fourth-order valence-corrected chi connectivity index (χ4v) is 1.66. The first-order valence-corrected chi connectivity index (χ1v) is 7.25. The zero-order valence-electron chi connectivity index (χ0n) is 12.9. The maximum atomic E-state index is 11.6. The van der Waals surface area contributed by atoms with Gasteiger partial charge in [-0.25, -0.2) is 0 Å². The van der Waals surface area contributed by atoms with Crippen LogP contribution in [-0.2, 0) is 33.4 Å². The van der Waals surface area contributed by atoms with Crippen molar-refractivity contribution in [3.63, 3.8) is 0 Å². The molecule has 0 radical (unpaired) electrons. The van der Waals surface area contributed by atoms with E-state index in [9.17, 15) is 19.2 Å². The maximum absolute atomic E-state index is 11.6. The minimum atomic E-state index is -1.03. The largest absolute Gasteiger partial charge is 0.467 e. The summed E-state index contributed by atoms with van der Waals surface area (Å²) in [5.41, 5.74) is 0. The Morgan fingerprint density at radius 2 is 1.61 bits per heavy atom. The molecular weight excluding hydrogens is 310 g/mol. The predicted molar refractivity (Wildman–Crippen MR) is 77.4 cm³/mol. The average molecular weight is 333 g/mol. The summed E-state index contributed by atoms with van der Waals surface area (Å²) in [6.45, 7) is 2.31. The Morgan fingerprint density at radius 1 is 1.00 bits per heavy atom. The van der Waals surface area contributed by atoms with Crippen molar-refractivity contribution in [2.75, 3.05) is 39.5 Å². The second kappa shape index (κ2) is 14.9. The summed E-state index contributed by atoms with van der Waals surface area (Å²) in [4.78, 5) is 43.8. The third kappa shape index (κ3) is 13.4. The molecule has 0 spiro atoms. The molecule has 0 aromatic carbocycles. The van der Waals surface area contributed by atoms with Crippen molar-refractivity contribution >= 4 is 25.2 Å². The van der Waals surface area contributed by atoms with Gasteiger partial charge in [-0.15, -0.1) is 0 Å². The van der Waals surface area contributed by atoms with E-state index in [0.29, 0.717) is 45.3 Å². The molecule has 0 aliphatic rings. The minimum absolute atomic E-state index is 0.123. The number of esters is 1. The number of ether oxygens (including phenoxy) is 3. The van der Waals surface area contributed by atoms with Gasteiger partial charge in [0.05, 0.1) is 13.0 Å². The van der Waals surface area contributed by atoms with E-state index in [0.717, 1.165) is 0 Å². The lowest BCUT2D eigenvalue weighted by molar-refractivity contribution is -0.144. The molecule has 0 rings (SSSR count). The molecule has 1 N–H and O–H groups in total. The Morgan fingerprint density at radius 3 is 2.13 bits per heavy atom. The van der Waals surface area contributed by atoms with Crippen molar-refractivity contribution in [3.8, 4) is 0 Å². The van der Waals surface area contributed by atoms with Gasteiger partial charge in [-0.05, 0) is 12.8 Å². The van der Waals surface area contributed by atoms with Crippen LogP contribution in [0.3, 0.4) is 0 Å². The Kier molecular flexibility index (Phi) is 13.6. The quantitative estimate of drug-likeness (QED) is 0.162. The minimum Gasteiger partial charge on any atom is -0.467 e. The number of carbonyl (C=O) groups excluding carboxylic acids is 4. The molecule has 9 nitrogen and oxygen atoms in total. The molecule has 0 bridgehead atoms. The highest BCUT2D eigenvalue weighted by Gasteiger charge is 2.10. The van der Waals surface area contributed by atoms with Gasteiger partial charge in [-0.3, -0.25) is 19.3 Å². The van der Waals surface area contributed by atoms with Gasteiger partial charge in [0.2, 0.25) is 0 Å². The van der Waals surface area contributed by atoms with E-state index < -0.39 is 12.1 Å². The third-order valence-corrected chi connectivity index (χ3v) is 2.88. The van der Waals surface area contributed by atoms with E-state index in [1.807, 2.05) is 0 Å². The zero-order chi connectivity index (χ0) is 17.3. The number of rotatable bonds is 16. The van der Waals surface area contributed by atoms with Gasteiger partial charge in [0.1, 0.15) is 25.6 Å². The molecule has 0 aliphatic carbocycles. The molecule has 0 saturated carbocycles. The molecule has 23 heavy (non-hydrogen) atoms. The highest BCUT2D eigenvalue weighted by molar-refractivity contribution is 5.69. The fraction of sp³-hybridized carbons (Fsp3) is 0.714. The van der Waals surface area contributed by atoms with Crippen LogP contribution in [0, 0.1) is 0 Å². The first-order chi connectivity index (χ1) is 11.1. The summed E-state index contributed by atoms with van der Waals surface area (Å²) in [6, 6.07) is 0. The topological polar surface area (TPSA) is 119 Å². The summed E-state index contributed by atoms with van der Waals surface area (Å²) < 4.78 is 14.1. The monoisotopic (exact) mass is 333 g/mol. The normalized spacial score (nSPS) is 11.6. The first-order valence-electron chi connectivity index (χ1n) is 7.25. The van der Waals surface area contributed by atoms with Crippen LogP contribution in [0.2, 0.25) is 0 Å². The molecular formula is C14H23NO8. The van der Waals surface area contributed by atoms with Crippen LogP contribution < -0.4 is 0 Å². The van der Waals surface area contributed by atoms with Crippen molar-refractivity contribution in [1.82, 2.24) is 4.90 Å². The lowest BCUT2D eigenvalue weighted by atomic mass is 10.2. The van der Waals surface area contributed by atoms with E-state index in [1.165, 1.54) is 0 Å². The Labute approximate surface area is 134 Å². The van der Waals surface area contributed by atoms with Crippen LogP contribution in [0.25, 0.3) is 0 Å². The number of nitrogens with zero attached hydrogens (tertiary/aromatic N) is 1. The summed E-state index contributed by atoms with van der Waals surface area (Å²) in [5.74, 6) is -0.414. The zero-order valence-corrected chi connectivity index (χ0v) is 12.9. The highest BCUT2D eigenvalue weighted by Crippen LogP contribution is 1.98. The lowest BCUT2D eigenvalue weighted by Gasteiger charge is -2.20. The van der Waals surface area contributed by atoms with E-state index in [4.69, 9.17) is 9.84 Å². The predicted octanol–water partition coefficient (Wildman–Crippen LogP) is -1.09. The standard InChI is InChI=1S/C14H23NO8/c16-10-13(19)2-1-7-23-14(20)3-4-15(5-8-21-11-17)6-9-22-12-18/h10-13,19H,1-9H2. The molecule has 0 aromatic heterocycles. The molecule has 0 amide bonds. The Hall–Kier alpha value is -2.00. The number of aliphatic hydroxyl groups is 1. The first kappa shape index (κ1) is 21.0. The third-order valence-electron chi connectivity index (χ3n) is 2.88. The van der Waals surface area contributed by atoms with Gasteiger partial charge in [-0.2, -0.15) is 0 Å². The van der Waals surface area contributed by atoms with Crippen molar-refractivity contribution < 1.29 is 38.5 Å². The highest BCUT2D eigenvalue weighted by atomic mass is 16.5. The van der Waals surface area contributed by atoms with Gasteiger partial charge in [0.15, 0.2) is 0 Å². The summed E-state index contributed by atoms with van der Waals surface area (Å²) in [5, 5.41) is 9.02. The molecule has 132 valence electrons. The second-order valence-corrected chi connectivity index (χ2v) is 4.59. The van der Waals surface area contributed by atoms with Gasteiger partial charge in [0, 0.05) is 19.6 Å². The summed E-state index contributed by atoms with van der Waals surface area (Å²) >= 11 is 0. The number of aliphatic hydroxyl groups excluding tert-OH is 1. The molecule has 0 heterocycles. The average Bonchev–Trinajstić information content (AvgIpc) is 2.56. The molecule has 0 aliphatic heterocycles.